The molecular weight excluding hydrogens is 426 g/mol. The van der Waals surface area contributed by atoms with Gasteiger partial charge in [0.2, 0.25) is 5.91 Å². The van der Waals surface area contributed by atoms with Crippen molar-refractivity contribution in [2.75, 3.05) is 6.54 Å². The maximum Gasteiger partial charge on any atom is 0.258 e. The molecule has 32 heavy (non-hydrogen) atoms. The number of furan rings is 1. The number of aromatic amines is 1. The lowest BCUT2D eigenvalue weighted by molar-refractivity contribution is -0.132. The Bertz CT molecular complexity index is 1280. The van der Waals surface area contributed by atoms with Crippen molar-refractivity contribution in [1.29, 1.82) is 0 Å². The molecule has 4 rings (SSSR count). The third-order valence-electron chi connectivity index (χ3n) is 5.21. The number of aryl methyl sites for hydroxylation is 1. The first-order valence-electron chi connectivity index (χ1n) is 10.6. The Labute approximate surface area is 190 Å². The van der Waals surface area contributed by atoms with E-state index in [1.165, 1.54) is 0 Å². The van der Waals surface area contributed by atoms with Crippen LogP contribution < -0.4 is 5.56 Å². The molecule has 164 valence electrons. The van der Waals surface area contributed by atoms with Crippen molar-refractivity contribution in [2.45, 2.75) is 32.7 Å². The second kappa shape index (κ2) is 9.83. The van der Waals surface area contributed by atoms with E-state index in [2.05, 4.69) is 9.97 Å². The number of carbonyl (C=O) groups is 1. The first-order valence-corrected chi connectivity index (χ1v) is 11.0. The van der Waals surface area contributed by atoms with Crippen molar-refractivity contribution in [3.8, 4) is 11.3 Å². The molecular formula is C25H24ClN3O3. The van der Waals surface area contributed by atoms with Crippen LogP contribution in [0.1, 0.15) is 31.4 Å². The summed E-state index contributed by atoms with van der Waals surface area (Å²) in [5.74, 6) is 1.98. The number of carbonyl (C=O) groups excluding carboxylic acids is 1. The van der Waals surface area contributed by atoms with Gasteiger partial charge in [0.1, 0.15) is 17.3 Å². The van der Waals surface area contributed by atoms with Crippen molar-refractivity contribution < 1.29 is 9.21 Å². The average molecular weight is 450 g/mol. The van der Waals surface area contributed by atoms with Crippen LogP contribution in [0.5, 0.6) is 0 Å². The highest BCUT2D eigenvalue weighted by molar-refractivity contribution is 6.31. The van der Waals surface area contributed by atoms with E-state index in [9.17, 15) is 9.59 Å². The summed E-state index contributed by atoms with van der Waals surface area (Å²) in [6, 6.07) is 18.7. The number of nitrogens with zero attached hydrogens (tertiary/aromatic N) is 2. The third kappa shape index (κ3) is 5.08. The first kappa shape index (κ1) is 21.8. The summed E-state index contributed by atoms with van der Waals surface area (Å²) in [7, 11) is 0. The molecule has 0 aliphatic carbocycles. The van der Waals surface area contributed by atoms with E-state index in [1.807, 2.05) is 49.4 Å². The molecule has 0 saturated heterocycles. The van der Waals surface area contributed by atoms with Crippen LogP contribution in [0.3, 0.4) is 0 Å². The zero-order valence-corrected chi connectivity index (χ0v) is 18.6. The highest BCUT2D eigenvalue weighted by Crippen LogP contribution is 2.22. The van der Waals surface area contributed by atoms with Crippen LogP contribution >= 0.6 is 11.6 Å². The van der Waals surface area contributed by atoms with E-state index in [-0.39, 0.29) is 18.0 Å². The smallest absolute Gasteiger partial charge is 0.258 e. The molecule has 0 radical (unpaired) electrons. The van der Waals surface area contributed by atoms with Gasteiger partial charge in [-0.25, -0.2) is 4.98 Å². The molecule has 4 aromatic rings. The van der Waals surface area contributed by atoms with Gasteiger partial charge < -0.3 is 14.3 Å². The van der Waals surface area contributed by atoms with Crippen molar-refractivity contribution in [3.63, 3.8) is 0 Å². The summed E-state index contributed by atoms with van der Waals surface area (Å²) >= 11 is 6.04. The summed E-state index contributed by atoms with van der Waals surface area (Å²) in [4.78, 5) is 34.3. The number of amides is 1. The topological polar surface area (TPSA) is 79.2 Å². The molecule has 0 aliphatic rings. The number of benzene rings is 2. The molecule has 0 fully saturated rings. The summed E-state index contributed by atoms with van der Waals surface area (Å²) in [6.45, 7) is 2.82. The van der Waals surface area contributed by atoms with Crippen molar-refractivity contribution in [1.82, 2.24) is 14.9 Å². The van der Waals surface area contributed by atoms with Crippen LogP contribution in [-0.4, -0.2) is 27.3 Å². The Kier molecular flexibility index (Phi) is 6.71. The Morgan fingerprint density at radius 3 is 2.72 bits per heavy atom. The summed E-state index contributed by atoms with van der Waals surface area (Å²) in [6.07, 6.45) is 1.61. The van der Waals surface area contributed by atoms with Gasteiger partial charge in [0.05, 0.1) is 17.4 Å². The molecule has 0 bridgehead atoms. The normalized spacial score (nSPS) is 11.1. The third-order valence-corrected chi connectivity index (χ3v) is 5.44. The van der Waals surface area contributed by atoms with Crippen LogP contribution in [0.15, 0.2) is 69.9 Å². The lowest BCUT2D eigenvalue weighted by Crippen LogP contribution is -2.33. The maximum atomic E-state index is 12.9. The molecule has 0 unspecified atom stereocenters. The molecule has 0 atom stereocenters. The van der Waals surface area contributed by atoms with Crippen LogP contribution in [0, 0.1) is 0 Å². The second-order valence-electron chi connectivity index (χ2n) is 7.62. The molecule has 2 heterocycles. The molecule has 1 amide bonds. The summed E-state index contributed by atoms with van der Waals surface area (Å²) in [5.41, 5.74) is 1.28. The van der Waals surface area contributed by atoms with Gasteiger partial charge in [-0.15, -0.1) is 0 Å². The van der Waals surface area contributed by atoms with E-state index >= 15 is 0 Å². The molecule has 0 saturated carbocycles. The maximum absolute atomic E-state index is 12.9. The lowest BCUT2D eigenvalue weighted by atomic mass is 10.2. The highest BCUT2D eigenvalue weighted by atomic mass is 35.5. The number of rotatable bonds is 8. The standard InChI is InChI=1S/C25H24ClN3O3/c1-2-14-29(16-23-27-21-15-18(26)8-11-20(21)25(31)28-23)24(30)13-10-19-9-12-22(32-19)17-6-4-3-5-7-17/h3-9,11-12,15H,2,10,13-14,16H2,1H3,(H,27,28,31). The molecule has 1 N–H and O–H groups in total. The molecule has 2 aromatic heterocycles. The summed E-state index contributed by atoms with van der Waals surface area (Å²) in [5, 5.41) is 0.981. The van der Waals surface area contributed by atoms with E-state index in [1.54, 1.807) is 23.1 Å². The molecule has 2 aromatic carbocycles. The van der Waals surface area contributed by atoms with Crippen LogP contribution in [-0.2, 0) is 17.8 Å². The first-order chi connectivity index (χ1) is 15.5. The Morgan fingerprint density at radius 2 is 1.94 bits per heavy atom. The number of fused-ring (bicyclic) bond motifs is 1. The second-order valence-corrected chi connectivity index (χ2v) is 8.06. The van der Waals surface area contributed by atoms with Gasteiger partial charge in [-0.1, -0.05) is 48.9 Å². The lowest BCUT2D eigenvalue weighted by Gasteiger charge is -2.21. The number of hydrogen-bond donors (Lipinski definition) is 1. The van der Waals surface area contributed by atoms with Crippen molar-refractivity contribution in [3.05, 3.63) is 87.6 Å². The monoisotopic (exact) mass is 449 g/mol. The fourth-order valence-corrected chi connectivity index (χ4v) is 3.80. The quantitative estimate of drug-likeness (QED) is 0.400. The Balaban J connectivity index is 1.45. The van der Waals surface area contributed by atoms with Crippen LogP contribution in [0.4, 0.5) is 0 Å². The molecule has 0 spiro atoms. The fourth-order valence-electron chi connectivity index (χ4n) is 3.64. The zero-order valence-electron chi connectivity index (χ0n) is 17.8. The van der Waals surface area contributed by atoms with Crippen molar-refractivity contribution in [2.24, 2.45) is 0 Å². The predicted octanol–water partition coefficient (Wildman–Crippen LogP) is 5.21. The number of nitrogens with one attached hydrogen (secondary N) is 1. The van der Waals surface area contributed by atoms with Gasteiger partial charge in [0.25, 0.3) is 5.56 Å². The van der Waals surface area contributed by atoms with Gasteiger partial charge in [-0.3, -0.25) is 9.59 Å². The number of hydrogen-bond acceptors (Lipinski definition) is 4. The van der Waals surface area contributed by atoms with E-state index in [0.717, 1.165) is 23.5 Å². The van der Waals surface area contributed by atoms with E-state index < -0.39 is 0 Å². The van der Waals surface area contributed by atoms with Gasteiger partial charge in [-0.2, -0.15) is 0 Å². The van der Waals surface area contributed by atoms with Crippen LogP contribution in [0.2, 0.25) is 5.02 Å². The largest absolute Gasteiger partial charge is 0.461 e. The summed E-state index contributed by atoms with van der Waals surface area (Å²) < 4.78 is 5.91. The van der Waals surface area contributed by atoms with Gasteiger partial charge in [-0.05, 0) is 36.8 Å². The Morgan fingerprint density at radius 1 is 1.12 bits per heavy atom. The number of halogens is 1. The van der Waals surface area contributed by atoms with E-state index in [4.69, 9.17) is 16.0 Å². The average Bonchev–Trinajstić information content (AvgIpc) is 3.26. The highest BCUT2D eigenvalue weighted by Gasteiger charge is 2.16. The van der Waals surface area contributed by atoms with Gasteiger partial charge in [0.15, 0.2) is 0 Å². The minimum Gasteiger partial charge on any atom is -0.461 e. The molecule has 7 heteroatoms. The predicted molar refractivity (Wildman–Crippen MR) is 126 cm³/mol. The minimum absolute atomic E-state index is 0.0154. The van der Waals surface area contributed by atoms with Gasteiger partial charge >= 0.3 is 0 Å². The number of H-pyrrole nitrogens is 1. The minimum atomic E-state index is -0.241. The van der Waals surface area contributed by atoms with Gasteiger partial charge in [0, 0.05) is 30.0 Å². The van der Waals surface area contributed by atoms with E-state index in [0.29, 0.717) is 41.1 Å². The van der Waals surface area contributed by atoms with Crippen LogP contribution in [0.25, 0.3) is 22.2 Å². The fraction of sp³-hybridized carbons (Fsp3) is 0.240. The Hall–Kier alpha value is -3.38. The molecule has 6 nitrogen and oxygen atoms in total. The zero-order chi connectivity index (χ0) is 22.5. The number of aromatic nitrogens is 2. The molecule has 0 aliphatic heterocycles. The van der Waals surface area contributed by atoms with Crippen molar-refractivity contribution >= 4 is 28.4 Å². The SMILES string of the molecule is CCCN(Cc1nc2cc(Cl)ccc2c(=O)[nH]1)C(=O)CCc1ccc(-c2ccccc2)o1.